The first-order valence-electron chi connectivity index (χ1n) is 7.31. The van der Waals surface area contributed by atoms with Crippen molar-refractivity contribution in [3.05, 3.63) is 60.5 Å². The smallest absolute Gasteiger partial charge is 0.262 e. The molecule has 0 aliphatic rings. The highest BCUT2D eigenvalue weighted by molar-refractivity contribution is 5.95. The topological polar surface area (TPSA) is 120 Å². The Labute approximate surface area is 142 Å². The molecule has 1 heterocycles. The summed E-state index contributed by atoms with van der Waals surface area (Å²) in [5.74, 6) is 0.0872. The van der Waals surface area contributed by atoms with Crippen LogP contribution in [0, 0.1) is 0 Å². The summed E-state index contributed by atoms with van der Waals surface area (Å²) < 4.78 is 10.5. The molecule has 25 heavy (non-hydrogen) atoms. The monoisotopic (exact) mass is 338 g/mol. The maximum absolute atomic E-state index is 11.9. The number of nitrogens with one attached hydrogen (secondary N) is 1. The van der Waals surface area contributed by atoms with Crippen LogP contribution in [-0.2, 0) is 4.79 Å². The molecule has 0 unspecified atom stereocenters. The molecule has 0 aliphatic heterocycles. The molecule has 3 rings (SSSR count). The Hall–Kier alpha value is -3.68. The molecule has 8 nitrogen and oxygen atoms in total. The average Bonchev–Trinajstić information content (AvgIpc) is 3.15. The molecule has 3 N–H and O–H groups in total. The summed E-state index contributed by atoms with van der Waals surface area (Å²) in [6.45, 7) is -0.155. The summed E-state index contributed by atoms with van der Waals surface area (Å²) >= 11 is 0. The van der Waals surface area contributed by atoms with Gasteiger partial charge in [-0.3, -0.25) is 9.59 Å². The van der Waals surface area contributed by atoms with E-state index in [0.717, 1.165) is 5.56 Å². The maximum Gasteiger partial charge on any atom is 0.262 e. The number of ether oxygens (including phenoxy) is 1. The first-order chi connectivity index (χ1) is 12.1. The summed E-state index contributed by atoms with van der Waals surface area (Å²) in [6.07, 6.45) is 1.25. The highest BCUT2D eigenvalue weighted by Crippen LogP contribution is 2.20. The highest BCUT2D eigenvalue weighted by Gasteiger charge is 2.07. The number of aromatic nitrogens is 2. The number of amides is 2. The van der Waals surface area contributed by atoms with Crippen LogP contribution in [0.15, 0.2) is 59.3 Å². The number of nitrogens with two attached hydrogens (primary N) is 1. The minimum atomic E-state index is -0.523. The van der Waals surface area contributed by atoms with E-state index < -0.39 is 5.91 Å². The van der Waals surface area contributed by atoms with Crippen LogP contribution in [-0.4, -0.2) is 28.6 Å². The van der Waals surface area contributed by atoms with Crippen LogP contribution in [0.3, 0.4) is 0 Å². The third-order valence-corrected chi connectivity index (χ3v) is 3.28. The van der Waals surface area contributed by atoms with Gasteiger partial charge in [-0.2, -0.15) is 0 Å². The van der Waals surface area contributed by atoms with Crippen LogP contribution in [0.4, 0.5) is 5.69 Å². The minimum Gasteiger partial charge on any atom is -0.484 e. The van der Waals surface area contributed by atoms with Gasteiger partial charge in [0, 0.05) is 16.8 Å². The van der Waals surface area contributed by atoms with Crippen molar-refractivity contribution < 1.29 is 18.7 Å². The quantitative estimate of drug-likeness (QED) is 0.707. The number of benzene rings is 2. The number of rotatable bonds is 6. The van der Waals surface area contributed by atoms with Crippen LogP contribution in [0.2, 0.25) is 0 Å². The van der Waals surface area contributed by atoms with E-state index in [1.165, 1.54) is 18.5 Å². The van der Waals surface area contributed by atoms with E-state index >= 15 is 0 Å². The fourth-order valence-corrected chi connectivity index (χ4v) is 2.06. The second kappa shape index (κ2) is 7.26. The number of carbonyl (C=O) groups excluding carboxylic acids is 2. The summed E-state index contributed by atoms with van der Waals surface area (Å²) in [7, 11) is 0. The van der Waals surface area contributed by atoms with Crippen LogP contribution in [0.5, 0.6) is 5.75 Å². The fourth-order valence-electron chi connectivity index (χ4n) is 2.06. The van der Waals surface area contributed by atoms with Crippen molar-refractivity contribution in [2.24, 2.45) is 5.73 Å². The normalized spacial score (nSPS) is 10.2. The lowest BCUT2D eigenvalue weighted by atomic mass is 10.2. The summed E-state index contributed by atoms with van der Waals surface area (Å²) in [6, 6.07) is 13.2. The van der Waals surface area contributed by atoms with Crippen LogP contribution in [0.1, 0.15) is 10.4 Å². The standard InChI is InChI=1S/C17H14N4O4/c18-16(23)11-1-5-13(6-2-11)20-15(22)9-24-14-7-3-12(4-8-14)17-21-19-10-25-17/h1-8,10H,9H2,(H2,18,23)(H,20,22). The van der Waals surface area contributed by atoms with Gasteiger partial charge in [0.1, 0.15) is 5.75 Å². The Morgan fingerprint density at radius 1 is 1.08 bits per heavy atom. The Kier molecular flexibility index (Phi) is 4.70. The van der Waals surface area contributed by atoms with Gasteiger partial charge in [-0.1, -0.05) is 0 Å². The molecular weight excluding hydrogens is 324 g/mol. The zero-order valence-electron chi connectivity index (χ0n) is 13.0. The molecule has 0 fully saturated rings. The molecule has 2 aromatic carbocycles. The van der Waals surface area contributed by atoms with Gasteiger partial charge in [-0.25, -0.2) is 0 Å². The van der Waals surface area contributed by atoms with E-state index in [1.54, 1.807) is 36.4 Å². The van der Waals surface area contributed by atoms with Crippen molar-refractivity contribution in [1.82, 2.24) is 10.2 Å². The average molecular weight is 338 g/mol. The van der Waals surface area contributed by atoms with E-state index in [0.29, 0.717) is 22.9 Å². The molecule has 2 amide bonds. The van der Waals surface area contributed by atoms with Crippen molar-refractivity contribution in [3.63, 3.8) is 0 Å². The fraction of sp³-hybridized carbons (Fsp3) is 0.0588. The van der Waals surface area contributed by atoms with E-state index in [4.69, 9.17) is 14.9 Å². The minimum absolute atomic E-state index is 0.155. The summed E-state index contributed by atoms with van der Waals surface area (Å²) in [5.41, 5.74) is 6.83. The predicted octanol–water partition coefficient (Wildman–Crippen LogP) is 1.85. The molecule has 0 radical (unpaired) electrons. The molecule has 0 spiro atoms. The van der Waals surface area contributed by atoms with Crippen molar-refractivity contribution in [1.29, 1.82) is 0 Å². The second-order valence-corrected chi connectivity index (χ2v) is 5.05. The SMILES string of the molecule is NC(=O)c1ccc(NC(=O)COc2ccc(-c3nnco3)cc2)cc1. The molecule has 8 heteroatoms. The van der Waals surface area contributed by atoms with E-state index in [9.17, 15) is 9.59 Å². The van der Waals surface area contributed by atoms with Gasteiger partial charge in [0.15, 0.2) is 6.61 Å². The van der Waals surface area contributed by atoms with Gasteiger partial charge in [0.2, 0.25) is 18.2 Å². The van der Waals surface area contributed by atoms with Gasteiger partial charge in [-0.05, 0) is 48.5 Å². The van der Waals surface area contributed by atoms with Crippen LogP contribution >= 0.6 is 0 Å². The molecule has 1 aromatic heterocycles. The molecule has 0 saturated heterocycles. The Morgan fingerprint density at radius 2 is 1.80 bits per heavy atom. The Balaban J connectivity index is 1.52. The molecule has 0 saturated carbocycles. The summed E-state index contributed by atoms with van der Waals surface area (Å²) in [5, 5.41) is 10.1. The number of carbonyl (C=O) groups is 2. The van der Waals surface area contributed by atoms with Crippen molar-refractivity contribution in [3.8, 4) is 17.2 Å². The number of hydrogen-bond acceptors (Lipinski definition) is 6. The highest BCUT2D eigenvalue weighted by atomic mass is 16.5. The van der Waals surface area contributed by atoms with Gasteiger partial charge < -0.3 is 20.2 Å². The maximum atomic E-state index is 11.9. The van der Waals surface area contributed by atoms with Crippen molar-refractivity contribution in [2.45, 2.75) is 0 Å². The van der Waals surface area contributed by atoms with Gasteiger partial charge in [0.05, 0.1) is 0 Å². The van der Waals surface area contributed by atoms with E-state index in [1.807, 2.05) is 0 Å². The van der Waals surface area contributed by atoms with Gasteiger partial charge in [0.25, 0.3) is 5.91 Å². The molecule has 0 aliphatic carbocycles. The number of nitrogens with zero attached hydrogens (tertiary/aromatic N) is 2. The van der Waals surface area contributed by atoms with Crippen LogP contribution in [0.25, 0.3) is 11.5 Å². The van der Waals surface area contributed by atoms with E-state index in [-0.39, 0.29) is 12.5 Å². The molecule has 0 atom stereocenters. The van der Waals surface area contributed by atoms with Crippen LogP contribution < -0.4 is 15.8 Å². The number of hydrogen-bond donors (Lipinski definition) is 2. The molecule has 3 aromatic rings. The van der Waals surface area contributed by atoms with Gasteiger partial charge >= 0.3 is 0 Å². The lowest BCUT2D eigenvalue weighted by Gasteiger charge is -2.08. The second-order valence-electron chi connectivity index (χ2n) is 5.05. The third-order valence-electron chi connectivity index (χ3n) is 3.28. The van der Waals surface area contributed by atoms with E-state index in [2.05, 4.69) is 15.5 Å². The van der Waals surface area contributed by atoms with Gasteiger partial charge in [-0.15, -0.1) is 10.2 Å². The largest absolute Gasteiger partial charge is 0.484 e. The number of primary amides is 1. The Bertz CT molecular complexity index is 859. The molecule has 126 valence electrons. The van der Waals surface area contributed by atoms with Crippen molar-refractivity contribution >= 4 is 17.5 Å². The summed E-state index contributed by atoms with van der Waals surface area (Å²) in [4.78, 5) is 22.9. The lowest BCUT2D eigenvalue weighted by Crippen LogP contribution is -2.20. The molecule has 0 bridgehead atoms. The molecular formula is C17H14N4O4. The zero-order valence-corrected chi connectivity index (χ0v) is 13.0. The van der Waals surface area contributed by atoms with Crippen molar-refractivity contribution in [2.75, 3.05) is 11.9 Å². The Morgan fingerprint density at radius 3 is 2.40 bits per heavy atom. The first kappa shape index (κ1) is 16.2. The third kappa shape index (κ3) is 4.20. The zero-order chi connectivity index (χ0) is 17.6. The lowest BCUT2D eigenvalue weighted by molar-refractivity contribution is -0.118. The number of anilines is 1. The first-order valence-corrected chi connectivity index (χ1v) is 7.31. The predicted molar refractivity (Wildman–Crippen MR) is 88.8 cm³/mol.